The molecule has 230 valence electrons. The fourth-order valence-electron chi connectivity index (χ4n) is 5.30. The number of nitrogens with zero attached hydrogens (tertiary/aromatic N) is 2. The second-order valence-electron chi connectivity index (χ2n) is 11.0. The number of nitrogens with one attached hydrogen (secondary N) is 1. The average molecular weight is 665 g/mol. The van der Waals surface area contributed by atoms with Gasteiger partial charge in [-0.1, -0.05) is 96.5 Å². The molecule has 4 rings (SSSR count). The predicted octanol–water partition coefficient (Wildman–Crippen LogP) is 6.81. The summed E-state index contributed by atoms with van der Waals surface area (Å²) in [6.07, 6.45) is 6.14. The van der Waals surface area contributed by atoms with Crippen LogP contribution in [0.5, 0.6) is 0 Å². The van der Waals surface area contributed by atoms with E-state index in [1.165, 1.54) is 11.0 Å². The summed E-state index contributed by atoms with van der Waals surface area (Å²) in [4.78, 5) is 29.7. The molecule has 11 heteroatoms. The van der Waals surface area contributed by atoms with E-state index >= 15 is 0 Å². The molecule has 0 radical (unpaired) electrons. The van der Waals surface area contributed by atoms with E-state index in [9.17, 15) is 18.0 Å². The summed E-state index contributed by atoms with van der Waals surface area (Å²) in [5.41, 5.74) is 2.32. The fraction of sp³-hybridized carbons (Fsp3) is 0.375. The van der Waals surface area contributed by atoms with Crippen LogP contribution >= 0.6 is 34.8 Å². The molecule has 0 unspecified atom stereocenters. The fourth-order valence-corrected chi connectivity index (χ4v) is 6.84. The van der Waals surface area contributed by atoms with Gasteiger partial charge in [-0.3, -0.25) is 13.9 Å². The van der Waals surface area contributed by atoms with Crippen molar-refractivity contribution >= 4 is 62.3 Å². The van der Waals surface area contributed by atoms with Gasteiger partial charge in [0.25, 0.3) is 0 Å². The summed E-state index contributed by atoms with van der Waals surface area (Å²) in [7, 11) is -3.92. The Morgan fingerprint density at radius 2 is 1.56 bits per heavy atom. The molecule has 0 saturated heterocycles. The van der Waals surface area contributed by atoms with E-state index in [0.717, 1.165) is 53.8 Å². The lowest BCUT2D eigenvalue weighted by Gasteiger charge is -2.35. The first-order chi connectivity index (χ1) is 20.4. The summed E-state index contributed by atoms with van der Waals surface area (Å²) in [5, 5.41) is 4.21. The number of hydrogen-bond acceptors (Lipinski definition) is 4. The normalized spacial score (nSPS) is 14.6. The predicted molar refractivity (Wildman–Crippen MR) is 174 cm³/mol. The van der Waals surface area contributed by atoms with Gasteiger partial charge in [-0.05, 0) is 55.2 Å². The van der Waals surface area contributed by atoms with Gasteiger partial charge in [-0.25, -0.2) is 8.42 Å². The topological polar surface area (TPSA) is 86.8 Å². The molecule has 0 aliphatic heterocycles. The van der Waals surface area contributed by atoms with Crippen LogP contribution in [-0.4, -0.2) is 50.0 Å². The van der Waals surface area contributed by atoms with Gasteiger partial charge in [0, 0.05) is 39.6 Å². The minimum atomic E-state index is -3.92. The molecular formula is C32H36Cl3N3O4S. The van der Waals surface area contributed by atoms with Crippen LogP contribution in [0.1, 0.15) is 48.8 Å². The average Bonchev–Trinajstić information content (AvgIpc) is 2.97. The molecule has 1 saturated carbocycles. The van der Waals surface area contributed by atoms with E-state index in [1.807, 2.05) is 30.3 Å². The summed E-state index contributed by atoms with van der Waals surface area (Å²) < 4.78 is 27.0. The Bertz CT molecular complexity index is 1530. The van der Waals surface area contributed by atoms with Crippen molar-refractivity contribution in [3.8, 4) is 0 Å². The SMILES string of the molecule is Cc1ccc(N(CC(=O)N(Cc2c(Cl)cccc2Cl)[C@H](Cc2ccccc2)C(=O)NC2CCCCC2)S(C)(=O)=O)cc1Cl. The third-order valence-electron chi connectivity index (χ3n) is 7.74. The maximum absolute atomic E-state index is 14.3. The number of anilines is 1. The van der Waals surface area contributed by atoms with Crippen LogP contribution in [-0.2, 0) is 32.6 Å². The lowest BCUT2D eigenvalue weighted by atomic mass is 9.94. The summed E-state index contributed by atoms with van der Waals surface area (Å²) >= 11 is 19.4. The first-order valence-corrected chi connectivity index (χ1v) is 17.2. The van der Waals surface area contributed by atoms with E-state index < -0.39 is 28.5 Å². The lowest BCUT2D eigenvalue weighted by Crippen LogP contribution is -2.55. The third kappa shape index (κ3) is 8.88. The van der Waals surface area contributed by atoms with E-state index in [-0.39, 0.29) is 30.6 Å². The molecule has 2 amide bonds. The van der Waals surface area contributed by atoms with Crippen molar-refractivity contribution < 1.29 is 18.0 Å². The van der Waals surface area contributed by atoms with Gasteiger partial charge >= 0.3 is 0 Å². The lowest BCUT2D eigenvalue weighted by molar-refractivity contribution is -0.140. The summed E-state index contributed by atoms with van der Waals surface area (Å²) in [6.45, 7) is 1.15. The highest BCUT2D eigenvalue weighted by molar-refractivity contribution is 7.92. The number of rotatable bonds is 11. The van der Waals surface area contributed by atoms with Crippen molar-refractivity contribution in [2.75, 3.05) is 17.1 Å². The Hall–Kier alpha value is -2.78. The zero-order valence-corrected chi connectivity index (χ0v) is 27.3. The smallest absolute Gasteiger partial charge is 0.244 e. The largest absolute Gasteiger partial charge is 0.352 e. The molecule has 0 bridgehead atoms. The van der Waals surface area contributed by atoms with E-state index in [0.29, 0.717) is 20.6 Å². The molecule has 3 aromatic rings. The van der Waals surface area contributed by atoms with Gasteiger partial charge in [-0.2, -0.15) is 0 Å². The Morgan fingerprint density at radius 3 is 2.16 bits per heavy atom. The van der Waals surface area contributed by atoms with E-state index in [1.54, 1.807) is 37.3 Å². The van der Waals surface area contributed by atoms with Gasteiger partial charge in [0.05, 0.1) is 11.9 Å². The molecule has 1 N–H and O–H groups in total. The molecule has 0 aromatic heterocycles. The number of carbonyl (C=O) groups excluding carboxylic acids is 2. The minimum absolute atomic E-state index is 0.00240. The quantitative estimate of drug-likeness (QED) is 0.244. The molecular weight excluding hydrogens is 629 g/mol. The molecule has 1 fully saturated rings. The number of amides is 2. The van der Waals surface area contributed by atoms with Crippen LogP contribution in [0.4, 0.5) is 5.69 Å². The highest BCUT2D eigenvalue weighted by atomic mass is 35.5. The molecule has 43 heavy (non-hydrogen) atoms. The summed E-state index contributed by atoms with van der Waals surface area (Å²) in [5.74, 6) is -0.894. The standard InChI is InChI=1S/C32H36Cl3N3O4S/c1-22-16-17-25(19-29(22)35)38(43(2,41)42)21-31(39)37(20-26-27(33)14-9-15-28(26)34)30(18-23-10-5-3-6-11-23)32(40)36-24-12-7-4-8-13-24/h3,5-6,9-11,14-17,19,24,30H,4,7-8,12-13,18,20-21H2,1-2H3,(H,36,40)/t30-/m1/s1. The molecule has 0 heterocycles. The number of hydrogen-bond donors (Lipinski definition) is 1. The highest BCUT2D eigenvalue weighted by Crippen LogP contribution is 2.29. The third-order valence-corrected chi connectivity index (χ3v) is 9.99. The number of halogens is 3. The molecule has 1 aliphatic rings. The van der Waals surface area contributed by atoms with Crippen LogP contribution in [0.2, 0.25) is 15.1 Å². The zero-order chi connectivity index (χ0) is 31.1. The second-order valence-corrected chi connectivity index (χ2v) is 14.1. The van der Waals surface area contributed by atoms with E-state index in [2.05, 4.69) is 5.32 Å². The Kier molecular flexibility index (Phi) is 11.4. The van der Waals surface area contributed by atoms with Gasteiger partial charge < -0.3 is 10.2 Å². The zero-order valence-electron chi connectivity index (χ0n) is 24.2. The maximum Gasteiger partial charge on any atom is 0.244 e. The Labute approximate surface area is 269 Å². The van der Waals surface area contributed by atoms with Gasteiger partial charge in [0.1, 0.15) is 12.6 Å². The molecule has 1 aliphatic carbocycles. The van der Waals surface area contributed by atoms with Gasteiger partial charge in [-0.15, -0.1) is 0 Å². The number of sulfonamides is 1. The van der Waals surface area contributed by atoms with E-state index in [4.69, 9.17) is 34.8 Å². The molecule has 3 aromatic carbocycles. The number of carbonyl (C=O) groups is 2. The summed E-state index contributed by atoms with van der Waals surface area (Å²) in [6, 6.07) is 18.3. The van der Waals surface area contributed by atoms with Crippen LogP contribution in [0.3, 0.4) is 0 Å². The van der Waals surface area contributed by atoms with Crippen molar-refractivity contribution in [2.24, 2.45) is 0 Å². The van der Waals surface area contributed by atoms with Crippen molar-refractivity contribution in [3.63, 3.8) is 0 Å². The first-order valence-electron chi connectivity index (χ1n) is 14.2. The van der Waals surface area contributed by atoms with Crippen LogP contribution < -0.4 is 9.62 Å². The van der Waals surface area contributed by atoms with Gasteiger partial charge in [0.15, 0.2) is 0 Å². The highest BCUT2D eigenvalue weighted by Gasteiger charge is 2.35. The van der Waals surface area contributed by atoms with Crippen LogP contribution in [0, 0.1) is 6.92 Å². The van der Waals surface area contributed by atoms with Gasteiger partial charge in [0.2, 0.25) is 21.8 Å². The van der Waals surface area contributed by atoms with Crippen LogP contribution in [0.25, 0.3) is 0 Å². The Balaban J connectivity index is 1.76. The second kappa shape index (κ2) is 14.8. The molecule has 0 spiro atoms. The number of aryl methyl sites for hydroxylation is 1. The maximum atomic E-state index is 14.3. The van der Waals surface area contributed by atoms with Crippen molar-refractivity contribution in [3.05, 3.63) is 98.5 Å². The Morgan fingerprint density at radius 1 is 0.907 bits per heavy atom. The molecule has 1 atom stereocenters. The van der Waals surface area contributed by atoms with Crippen LogP contribution in [0.15, 0.2) is 66.7 Å². The molecule has 7 nitrogen and oxygen atoms in total. The van der Waals surface area contributed by atoms with Crippen molar-refractivity contribution in [1.29, 1.82) is 0 Å². The minimum Gasteiger partial charge on any atom is -0.352 e. The van der Waals surface area contributed by atoms with Crippen molar-refractivity contribution in [1.82, 2.24) is 10.2 Å². The number of benzene rings is 3. The van der Waals surface area contributed by atoms with Crippen molar-refractivity contribution in [2.45, 2.75) is 64.1 Å². The monoisotopic (exact) mass is 663 g/mol. The first kappa shape index (κ1) is 33.1.